The minimum absolute atomic E-state index is 0.00409. The number of sulfonamides is 1. The van der Waals surface area contributed by atoms with Crippen LogP contribution in [0.15, 0.2) is 53.4 Å². The van der Waals surface area contributed by atoms with E-state index in [0.29, 0.717) is 21.3 Å². The molecular formula is C26H30ClN3O5S. The monoisotopic (exact) mass is 531 g/mol. The summed E-state index contributed by atoms with van der Waals surface area (Å²) in [7, 11) is -4.17. The van der Waals surface area contributed by atoms with E-state index < -0.39 is 34.4 Å². The Hall–Kier alpha value is -2.91. The molecule has 0 saturated heterocycles. The second kappa shape index (κ2) is 11.0. The second-order valence-electron chi connectivity index (χ2n) is 9.19. The van der Waals surface area contributed by atoms with E-state index in [4.69, 9.17) is 11.6 Å². The van der Waals surface area contributed by atoms with Crippen LogP contribution in [-0.4, -0.2) is 54.0 Å². The molecule has 0 bridgehead atoms. The van der Waals surface area contributed by atoms with Crippen molar-refractivity contribution in [1.29, 1.82) is 0 Å². The number of amides is 3. The Labute approximate surface area is 216 Å². The topological polar surface area (TPSA) is 104 Å². The summed E-state index contributed by atoms with van der Waals surface area (Å²) >= 11 is 6.36. The number of fused-ring (bicyclic) bond motifs is 1. The van der Waals surface area contributed by atoms with Gasteiger partial charge in [0.2, 0.25) is 11.8 Å². The first kappa shape index (κ1) is 26.2. The lowest BCUT2D eigenvalue weighted by atomic mass is 9.95. The zero-order valence-electron chi connectivity index (χ0n) is 20.2. The molecule has 0 radical (unpaired) electrons. The molecule has 8 nitrogen and oxygen atoms in total. The first-order valence-corrected chi connectivity index (χ1v) is 14.0. The highest BCUT2D eigenvalue weighted by atomic mass is 35.5. The molecule has 0 aromatic heterocycles. The lowest BCUT2D eigenvalue weighted by molar-refractivity contribution is -0.141. The minimum atomic E-state index is -4.17. The Kier molecular flexibility index (Phi) is 8.00. The number of nitrogens with zero attached hydrogens (tertiary/aromatic N) is 2. The molecule has 1 saturated carbocycles. The van der Waals surface area contributed by atoms with Gasteiger partial charge in [-0.15, -0.1) is 0 Å². The van der Waals surface area contributed by atoms with Crippen LogP contribution in [0.4, 0.5) is 0 Å². The SMILES string of the molecule is CC[C@H](C(=O)NC1CCCCC1)N(Cc1ccccc1Cl)C(=O)CN1C(=O)c2ccccc2S1(=O)=O. The van der Waals surface area contributed by atoms with E-state index in [1.807, 2.05) is 0 Å². The van der Waals surface area contributed by atoms with Crippen molar-refractivity contribution in [3.8, 4) is 0 Å². The number of benzene rings is 2. The van der Waals surface area contributed by atoms with Crippen molar-refractivity contribution in [2.24, 2.45) is 0 Å². The highest BCUT2D eigenvalue weighted by molar-refractivity contribution is 7.90. The van der Waals surface area contributed by atoms with Gasteiger partial charge in [-0.1, -0.05) is 68.1 Å². The van der Waals surface area contributed by atoms with Crippen molar-refractivity contribution in [3.63, 3.8) is 0 Å². The molecule has 10 heteroatoms. The number of rotatable bonds is 8. The van der Waals surface area contributed by atoms with E-state index in [-0.39, 0.29) is 29.0 Å². The van der Waals surface area contributed by atoms with Gasteiger partial charge in [-0.2, -0.15) is 0 Å². The highest BCUT2D eigenvalue weighted by Gasteiger charge is 2.43. The summed E-state index contributed by atoms with van der Waals surface area (Å²) in [6.45, 7) is 1.10. The van der Waals surface area contributed by atoms with Gasteiger partial charge >= 0.3 is 0 Å². The molecule has 1 fully saturated rings. The summed E-state index contributed by atoms with van der Waals surface area (Å²) in [6.07, 6.45) is 5.31. The number of halogens is 1. The van der Waals surface area contributed by atoms with Gasteiger partial charge in [-0.05, 0) is 43.0 Å². The number of hydrogen-bond donors (Lipinski definition) is 1. The molecule has 0 unspecified atom stereocenters. The van der Waals surface area contributed by atoms with Crippen molar-refractivity contribution >= 4 is 39.3 Å². The van der Waals surface area contributed by atoms with Crippen LogP contribution in [-0.2, 0) is 26.2 Å². The summed E-state index contributed by atoms with van der Waals surface area (Å²) in [6, 6.07) is 12.1. The summed E-state index contributed by atoms with van der Waals surface area (Å²) in [4.78, 5) is 41.1. The van der Waals surface area contributed by atoms with Crippen LogP contribution < -0.4 is 5.32 Å². The molecule has 1 N–H and O–H groups in total. The van der Waals surface area contributed by atoms with Gasteiger partial charge in [0.25, 0.3) is 15.9 Å². The average molecular weight is 532 g/mol. The zero-order chi connectivity index (χ0) is 25.9. The van der Waals surface area contributed by atoms with Gasteiger partial charge in [0.15, 0.2) is 0 Å². The number of nitrogens with one attached hydrogen (secondary N) is 1. The molecular weight excluding hydrogens is 502 g/mol. The van der Waals surface area contributed by atoms with Crippen molar-refractivity contribution in [3.05, 3.63) is 64.7 Å². The number of hydrogen-bond acceptors (Lipinski definition) is 5. The molecule has 1 aliphatic carbocycles. The maximum absolute atomic E-state index is 13.6. The van der Waals surface area contributed by atoms with Gasteiger partial charge in [0.1, 0.15) is 17.5 Å². The highest BCUT2D eigenvalue weighted by Crippen LogP contribution is 2.30. The third kappa shape index (κ3) is 5.27. The molecule has 36 heavy (non-hydrogen) atoms. The lowest BCUT2D eigenvalue weighted by Crippen LogP contribution is -2.53. The third-order valence-electron chi connectivity index (χ3n) is 6.83. The zero-order valence-corrected chi connectivity index (χ0v) is 21.7. The van der Waals surface area contributed by atoms with E-state index in [2.05, 4.69) is 5.32 Å². The second-order valence-corrected chi connectivity index (χ2v) is 11.4. The van der Waals surface area contributed by atoms with Crippen LogP contribution >= 0.6 is 11.6 Å². The van der Waals surface area contributed by atoms with E-state index in [0.717, 1.165) is 32.1 Å². The minimum Gasteiger partial charge on any atom is -0.352 e. The molecule has 192 valence electrons. The van der Waals surface area contributed by atoms with Gasteiger partial charge in [-0.25, -0.2) is 12.7 Å². The van der Waals surface area contributed by atoms with Crippen LogP contribution in [0.25, 0.3) is 0 Å². The van der Waals surface area contributed by atoms with Crippen LogP contribution in [0.5, 0.6) is 0 Å². The fourth-order valence-electron chi connectivity index (χ4n) is 4.87. The molecule has 0 spiro atoms. The first-order valence-electron chi connectivity index (χ1n) is 12.2. The number of carbonyl (C=O) groups is 3. The maximum Gasteiger partial charge on any atom is 0.269 e. The summed E-state index contributed by atoms with van der Waals surface area (Å²) < 4.78 is 26.7. The standard InChI is InChI=1S/C26H30ClN3O5S/c1-2-22(25(32)28-19-11-4-3-5-12-19)29(16-18-10-6-8-14-21(18)27)24(31)17-30-26(33)20-13-7-9-15-23(20)36(30,34)35/h6-10,13-15,19,22H,2-5,11-12,16-17H2,1H3,(H,28,32)/t22-/m1/s1. The predicted octanol–water partition coefficient (Wildman–Crippen LogP) is 3.74. The molecule has 1 heterocycles. The molecule has 1 aliphatic heterocycles. The largest absolute Gasteiger partial charge is 0.352 e. The summed E-state index contributed by atoms with van der Waals surface area (Å²) in [5, 5.41) is 3.50. The Morgan fingerprint density at radius 2 is 1.75 bits per heavy atom. The third-order valence-corrected chi connectivity index (χ3v) is 8.98. The van der Waals surface area contributed by atoms with Gasteiger partial charge in [0, 0.05) is 17.6 Å². The molecule has 2 aromatic carbocycles. The predicted molar refractivity (Wildman–Crippen MR) is 136 cm³/mol. The van der Waals surface area contributed by atoms with Crippen molar-refractivity contribution in [1.82, 2.24) is 14.5 Å². The van der Waals surface area contributed by atoms with E-state index in [9.17, 15) is 22.8 Å². The Morgan fingerprint density at radius 3 is 2.42 bits per heavy atom. The Balaban J connectivity index is 1.61. The first-order chi connectivity index (χ1) is 17.2. The van der Waals surface area contributed by atoms with Crippen molar-refractivity contribution < 1.29 is 22.8 Å². The van der Waals surface area contributed by atoms with E-state index >= 15 is 0 Å². The van der Waals surface area contributed by atoms with E-state index in [1.165, 1.54) is 23.1 Å². The quantitative estimate of drug-likeness (QED) is 0.559. The smallest absolute Gasteiger partial charge is 0.269 e. The molecule has 2 aromatic rings. The lowest BCUT2D eigenvalue weighted by Gasteiger charge is -2.33. The van der Waals surface area contributed by atoms with Crippen molar-refractivity contribution in [2.45, 2.75) is 69.0 Å². The van der Waals surface area contributed by atoms with Gasteiger partial charge < -0.3 is 10.2 Å². The normalized spacial score (nSPS) is 17.9. The summed E-state index contributed by atoms with van der Waals surface area (Å²) in [5.74, 6) is -1.69. The van der Waals surface area contributed by atoms with Crippen LogP contribution in [0.1, 0.15) is 61.4 Å². The molecule has 1 atom stereocenters. The number of carbonyl (C=O) groups excluding carboxylic acids is 3. The molecule has 2 aliphatic rings. The van der Waals surface area contributed by atoms with Crippen LogP contribution in [0, 0.1) is 0 Å². The summed E-state index contributed by atoms with van der Waals surface area (Å²) in [5.41, 5.74) is 0.653. The average Bonchev–Trinajstić information content (AvgIpc) is 3.06. The maximum atomic E-state index is 13.6. The molecule has 4 rings (SSSR count). The Morgan fingerprint density at radius 1 is 1.08 bits per heavy atom. The van der Waals surface area contributed by atoms with E-state index in [1.54, 1.807) is 37.3 Å². The van der Waals surface area contributed by atoms with Crippen LogP contribution in [0.2, 0.25) is 5.02 Å². The van der Waals surface area contributed by atoms with Crippen LogP contribution in [0.3, 0.4) is 0 Å². The fraction of sp³-hybridized carbons (Fsp3) is 0.423. The Bertz CT molecular complexity index is 1260. The van der Waals surface area contributed by atoms with Crippen molar-refractivity contribution in [2.75, 3.05) is 6.54 Å². The fourth-order valence-corrected chi connectivity index (χ4v) is 6.59. The van der Waals surface area contributed by atoms with Gasteiger partial charge in [0.05, 0.1) is 5.56 Å². The van der Waals surface area contributed by atoms with Gasteiger partial charge in [-0.3, -0.25) is 14.4 Å². The molecule has 3 amide bonds.